The zero-order valence-corrected chi connectivity index (χ0v) is 16.7. The minimum atomic E-state index is -2.89. The van der Waals surface area contributed by atoms with Gasteiger partial charge in [-0.3, -0.25) is 4.79 Å². The standard InChI is InChI=1S/C21H26F2N4O3/c1-2-24-21(27-14-16-7-3-4-10-18(16)30-20(22)23)26-12-6-11-25-19(29)15-8-5-9-17(28)13-15/h3-5,7-10,13,20,28H,2,6,11-12,14H2,1H3,(H,25,29)(H2,24,26,27). The number of benzene rings is 2. The minimum absolute atomic E-state index is 0.0383. The molecule has 0 bridgehead atoms. The van der Waals surface area contributed by atoms with Gasteiger partial charge in [0.2, 0.25) is 0 Å². The van der Waals surface area contributed by atoms with Crippen LogP contribution in [0.25, 0.3) is 0 Å². The van der Waals surface area contributed by atoms with Crippen molar-refractivity contribution in [3.05, 3.63) is 59.7 Å². The summed E-state index contributed by atoms with van der Waals surface area (Å²) in [4.78, 5) is 16.4. The van der Waals surface area contributed by atoms with E-state index in [1.54, 1.807) is 30.3 Å². The van der Waals surface area contributed by atoms with Crippen LogP contribution >= 0.6 is 0 Å². The molecule has 0 unspecified atom stereocenters. The highest BCUT2D eigenvalue weighted by molar-refractivity contribution is 5.94. The molecule has 4 N–H and O–H groups in total. The predicted octanol–water partition coefficient (Wildman–Crippen LogP) is 2.87. The summed E-state index contributed by atoms with van der Waals surface area (Å²) >= 11 is 0. The second-order valence-electron chi connectivity index (χ2n) is 6.27. The lowest BCUT2D eigenvalue weighted by Crippen LogP contribution is -2.38. The normalized spacial score (nSPS) is 11.3. The molecule has 2 aromatic rings. The number of hydrogen-bond acceptors (Lipinski definition) is 4. The second-order valence-corrected chi connectivity index (χ2v) is 6.27. The van der Waals surface area contributed by atoms with Gasteiger partial charge in [0.15, 0.2) is 5.96 Å². The average molecular weight is 420 g/mol. The van der Waals surface area contributed by atoms with E-state index < -0.39 is 6.61 Å². The zero-order valence-electron chi connectivity index (χ0n) is 16.7. The van der Waals surface area contributed by atoms with E-state index in [1.165, 1.54) is 18.2 Å². The van der Waals surface area contributed by atoms with E-state index in [9.17, 15) is 18.7 Å². The Morgan fingerprint density at radius 3 is 2.60 bits per heavy atom. The highest BCUT2D eigenvalue weighted by atomic mass is 19.3. The van der Waals surface area contributed by atoms with Gasteiger partial charge in [0.05, 0.1) is 6.54 Å². The second kappa shape index (κ2) is 12.3. The Balaban J connectivity index is 1.81. The number of halogens is 2. The molecule has 30 heavy (non-hydrogen) atoms. The predicted molar refractivity (Wildman–Crippen MR) is 111 cm³/mol. The summed E-state index contributed by atoms with van der Waals surface area (Å²) < 4.78 is 29.6. The number of para-hydroxylation sites is 1. The lowest BCUT2D eigenvalue weighted by molar-refractivity contribution is -0.0504. The molecule has 9 heteroatoms. The number of alkyl halides is 2. The smallest absolute Gasteiger partial charge is 0.387 e. The molecule has 0 aliphatic heterocycles. The van der Waals surface area contributed by atoms with Gasteiger partial charge in [-0.15, -0.1) is 0 Å². The number of hydrogen-bond donors (Lipinski definition) is 4. The minimum Gasteiger partial charge on any atom is -0.508 e. The number of amides is 1. The summed E-state index contributed by atoms with van der Waals surface area (Å²) in [6, 6.07) is 12.7. The van der Waals surface area contributed by atoms with Gasteiger partial charge in [-0.2, -0.15) is 8.78 Å². The van der Waals surface area contributed by atoms with Crippen LogP contribution in [-0.2, 0) is 6.54 Å². The van der Waals surface area contributed by atoms with Gasteiger partial charge in [-0.25, -0.2) is 4.99 Å². The third-order valence-electron chi connectivity index (χ3n) is 3.98. The van der Waals surface area contributed by atoms with Crippen LogP contribution in [0.3, 0.4) is 0 Å². The van der Waals surface area contributed by atoms with Gasteiger partial charge in [0.1, 0.15) is 11.5 Å². The average Bonchev–Trinajstić information content (AvgIpc) is 2.72. The van der Waals surface area contributed by atoms with Crippen LogP contribution in [-0.4, -0.2) is 43.2 Å². The van der Waals surface area contributed by atoms with Crippen molar-refractivity contribution < 1.29 is 23.4 Å². The van der Waals surface area contributed by atoms with Crippen LogP contribution in [0.5, 0.6) is 11.5 Å². The Labute approximate surface area is 174 Å². The lowest BCUT2D eigenvalue weighted by Gasteiger charge is -2.13. The zero-order chi connectivity index (χ0) is 21.8. The molecule has 1 amide bonds. The molecule has 0 heterocycles. The van der Waals surface area contributed by atoms with Crippen LogP contribution < -0.4 is 20.7 Å². The van der Waals surface area contributed by atoms with E-state index in [0.29, 0.717) is 43.1 Å². The Kier molecular flexibility index (Phi) is 9.36. The molecule has 0 aliphatic rings. The fraction of sp³-hybridized carbons (Fsp3) is 0.333. The number of phenols is 1. The molecule has 0 saturated heterocycles. The molecule has 0 saturated carbocycles. The van der Waals surface area contributed by atoms with Crippen LogP contribution in [0.1, 0.15) is 29.3 Å². The highest BCUT2D eigenvalue weighted by Gasteiger charge is 2.09. The number of carbonyl (C=O) groups excluding carboxylic acids is 1. The molecule has 0 aromatic heterocycles. The van der Waals surface area contributed by atoms with E-state index in [1.807, 2.05) is 6.92 Å². The summed E-state index contributed by atoms with van der Waals surface area (Å²) in [5.41, 5.74) is 0.941. The van der Waals surface area contributed by atoms with Gasteiger partial charge in [-0.1, -0.05) is 24.3 Å². The Morgan fingerprint density at radius 1 is 1.10 bits per heavy atom. The molecule has 0 radical (unpaired) electrons. The molecule has 2 rings (SSSR count). The number of nitrogens with one attached hydrogen (secondary N) is 3. The third-order valence-corrected chi connectivity index (χ3v) is 3.98. The highest BCUT2D eigenvalue weighted by Crippen LogP contribution is 2.20. The Hall–Kier alpha value is -3.36. The van der Waals surface area contributed by atoms with Crippen molar-refractivity contribution in [3.8, 4) is 11.5 Å². The van der Waals surface area contributed by atoms with E-state index in [2.05, 4.69) is 25.7 Å². The van der Waals surface area contributed by atoms with Crippen molar-refractivity contribution in [2.45, 2.75) is 26.5 Å². The van der Waals surface area contributed by atoms with E-state index in [-0.39, 0.29) is 24.0 Å². The summed E-state index contributed by atoms with van der Waals surface area (Å²) in [5.74, 6) is 0.406. The first-order chi connectivity index (χ1) is 14.5. The SMILES string of the molecule is CCNC(=NCc1ccccc1OC(F)F)NCCCNC(=O)c1cccc(O)c1. The van der Waals surface area contributed by atoms with E-state index >= 15 is 0 Å². The Morgan fingerprint density at radius 2 is 1.87 bits per heavy atom. The van der Waals surface area contributed by atoms with Crippen molar-refractivity contribution in [1.82, 2.24) is 16.0 Å². The first-order valence-corrected chi connectivity index (χ1v) is 9.61. The van der Waals surface area contributed by atoms with Crippen molar-refractivity contribution in [2.24, 2.45) is 4.99 Å². The van der Waals surface area contributed by atoms with Gasteiger partial charge in [0.25, 0.3) is 5.91 Å². The van der Waals surface area contributed by atoms with Crippen LogP contribution in [0.2, 0.25) is 0 Å². The van der Waals surface area contributed by atoms with Gasteiger partial charge in [0, 0.05) is 30.8 Å². The lowest BCUT2D eigenvalue weighted by atomic mass is 10.2. The van der Waals surface area contributed by atoms with Gasteiger partial charge >= 0.3 is 6.61 Å². The first-order valence-electron chi connectivity index (χ1n) is 9.61. The van der Waals surface area contributed by atoms with Crippen LogP contribution in [0, 0.1) is 0 Å². The van der Waals surface area contributed by atoms with Gasteiger partial charge in [-0.05, 0) is 37.6 Å². The van der Waals surface area contributed by atoms with Crippen molar-refractivity contribution >= 4 is 11.9 Å². The third kappa shape index (κ3) is 7.94. The maximum atomic E-state index is 12.5. The molecule has 2 aromatic carbocycles. The number of carbonyl (C=O) groups is 1. The molecule has 0 fully saturated rings. The van der Waals surface area contributed by atoms with Gasteiger partial charge < -0.3 is 25.8 Å². The monoisotopic (exact) mass is 420 g/mol. The van der Waals surface area contributed by atoms with Crippen molar-refractivity contribution in [2.75, 3.05) is 19.6 Å². The number of guanidine groups is 1. The molecule has 0 atom stereocenters. The largest absolute Gasteiger partial charge is 0.508 e. The molecular weight excluding hydrogens is 394 g/mol. The number of nitrogens with zero attached hydrogens (tertiary/aromatic N) is 1. The summed E-state index contributed by atoms with van der Waals surface area (Å²) in [5, 5.41) is 18.4. The Bertz CT molecular complexity index is 847. The van der Waals surface area contributed by atoms with Crippen molar-refractivity contribution in [3.63, 3.8) is 0 Å². The molecule has 162 valence electrons. The van der Waals surface area contributed by atoms with Crippen LogP contribution in [0.15, 0.2) is 53.5 Å². The number of rotatable bonds is 10. The number of aliphatic imine (C=N–C) groups is 1. The molecular formula is C21H26F2N4O3. The van der Waals surface area contributed by atoms with Crippen LogP contribution in [0.4, 0.5) is 8.78 Å². The maximum Gasteiger partial charge on any atom is 0.387 e. The van der Waals surface area contributed by atoms with E-state index in [4.69, 9.17) is 0 Å². The van der Waals surface area contributed by atoms with E-state index in [0.717, 1.165) is 0 Å². The molecule has 7 nitrogen and oxygen atoms in total. The summed E-state index contributed by atoms with van der Waals surface area (Å²) in [7, 11) is 0. The number of aromatic hydroxyl groups is 1. The first kappa shape index (κ1) is 22.9. The summed E-state index contributed by atoms with van der Waals surface area (Å²) in [6.45, 7) is 0.812. The molecule has 0 aliphatic carbocycles. The fourth-order valence-corrected chi connectivity index (χ4v) is 2.60. The number of phenolic OH excluding ortho intramolecular Hbond substituents is 1. The molecule has 0 spiro atoms. The summed E-state index contributed by atoms with van der Waals surface area (Å²) in [6.07, 6.45) is 0.639. The maximum absolute atomic E-state index is 12.5. The number of ether oxygens (including phenoxy) is 1. The van der Waals surface area contributed by atoms with Crippen molar-refractivity contribution in [1.29, 1.82) is 0 Å². The quantitative estimate of drug-likeness (QED) is 0.269. The fourth-order valence-electron chi connectivity index (χ4n) is 2.60. The topological polar surface area (TPSA) is 95.0 Å².